The number of nitrogens with one attached hydrogen (secondary N) is 1. The van der Waals surface area contributed by atoms with Gasteiger partial charge in [0.2, 0.25) is 0 Å². The first-order valence-corrected chi connectivity index (χ1v) is 8.40. The molecule has 9 heteroatoms. The van der Waals surface area contributed by atoms with E-state index in [-0.39, 0.29) is 21.2 Å². The molecule has 0 amide bonds. The molecule has 0 fully saturated rings. The van der Waals surface area contributed by atoms with Gasteiger partial charge in [0.05, 0.1) is 27.4 Å². The average molecular weight is 439 g/mol. The van der Waals surface area contributed by atoms with Crippen LogP contribution in [0.25, 0.3) is 0 Å². The molecule has 21 heavy (non-hydrogen) atoms. The third-order valence-electron chi connectivity index (χ3n) is 2.49. The summed E-state index contributed by atoms with van der Waals surface area (Å²) in [6, 6.07) is 5.27. The summed E-state index contributed by atoms with van der Waals surface area (Å²) in [6.45, 7) is 0. The van der Waals surface area contributed by atoms with Gasteiger partial charge in [0.25, 0.3) is 10.0 Å². The quantitative estimate of drug-likeness (QED) is 0.716. The Hall–Kier alpha value is -1.39. The maximum Gasteiger partial charge on any atom is 0.336 e. The van der Waals surface area contributed by atoms with E-state index < -0.39 is 16.0 Å². The Morgan fingerprint density at radius 2 is 2.05 bits per heavy atom. The molecule has 6 nitrogen and oxygen atoms in total. The fraction of sp³-hybridized carbons (Fsp3) is 0. The zero-order chi connectivity index (χ0) is 15.6. The summed E-state index contributed by atoms with van der Waals surface area (Å²) in [5.41, 5.74) is 0.0327. The van der Waals surface area contributed by atoms with Crippen molar-refractivity contribution >= 4 is 55.9 Å². The normalized spacial score (nSPS) is 11.1. The Morgan fingerprint density at radius 3 is 2.67 bits per heavy atom. The van der Waals surface area contributed by atoms with Crippen LogP contribution in [0, 0.1) is 3.57 Å². The van der Waals surface area contributed by atoms with Crippen LogP contribution >= 0.6 is 34.2 Å². The number of nitrogens with zero attached hydrogens (tertiary/aromatic N) is 1. The highest BCUT2D eigenvalue weighted by atomic mass is 127. The number of pyridine rings is 1. The molecule has 0 spiro atoms. The largest absolute Gasteiger partial charge is 0.478 e. The minimum Gasteiger partial charge on any atom is -0.478 e. The van der Waals surface area contributed by atoms with Crippen LogP contribution in [0.3, 0.4) is 0 Å². The number of carboxylic acid groups (broad SMARTS) is 1. The molecule has 0 unspecified atom stereocenters. The molecule has 0 radical (unpaired) electrons. The van der Waals surface area contributed by atoms with Crippen molar-refractivity contribution in [3.63, 3.8) is 0 Å². The van der Waals surface area contributed by atoms with Crippen molar-refractivity contribution in [2.45, 2.75) is 4.90 Å². The van der Waals surface area contributed by atoms with Gasteiger partial charge in [-0.05, 0) is 46.9 Å². The number of rotatable bonds is 4. The standard InChI is InChI=1S/C12H8ClIN2O4S/c13-9-3-4-15-6-11(9)16-21(19,20)7-1-2-10(14)8(5-7)12(17)18/h1-6,16H,(H,17,18). The first-order valence-electron chi connectivity index (χ1n) is 5.46. The van der Waals surface area contributed by atoms with Crippen molar-refractivity contribution in [2.75, 3.05) is 4.72 Å². The Balaban J connectivity index is 2.43. The Kier molecular flexibility index (Phi) is 4.69. The van der Waals surface area contributed by atoms with Gasteiger partial charge in [0.15, 0.2) is 0 Å². The van der Waals surface area contributed by atoms with Gasteiger partial charge in [-0.25, -0.2) is 13.2 Å². The fourth-order valence-corrected chi connectivity index (χ4v) is 3.36. The lowest BCUT2D eigenvalue weighted by Gasteiger charge is -2.10. The van der Waals surface area contributed by atoms with Gasteiger partial charge in [-0.15, -0.1) is 0 Å². The number of benzene rings is 1. The molecule has 2 N–H and O–H groups in total. The number of carboxylic acids is 1. The van der Waals surface area contributed by atoms with E-state index in [4.69, 9.17) is 16.7 Å². The van der Waals surface area contributed by atoms with E-state index in [1.807, 2.05) is 22.6 Å². The second kappa shape index (κ2) is 6.16. The van der Waals surface area contributed by atoms with Crippen LogP contribution in [-0.4, -0.2) is 24.5 Å². The minimum absolute atomic E-state index is 0.0873. The number of hydrogen-bond donors (Lipinski definition) is 2. The van der Waals surface area contributed by atoms with Crippen LogP contribution in [0.15, 0.2) is 41.6 Å². The van der Waals surface area contributed by atoms with Crippen LogP contribution in [-0.2, 0) is 10.0 Å². The molecule has 0 aliphatic carbocycles. The van der Waals surface area contributed by atoms with Gasteiger partial charge in [-0.3, -0.25) is 9.71 Å². The third-order valence-corrected chi connectivity index (χ3v) is 5.12. The van der Waals surface area contributed by atoms with E-state index in [0.29, 0.717) is 3.57 Å². The van der Waals surface area contributed by atoms with E-state index >= 15 is 0 Å². The molecule has 0 aliphatic heterocycles. The summed E-state index contributed by atoms with van der Waals surface area (Å²) in [4.78, 5) is 14.7. The second-order valence-corrected chi connectivity index (χ2v) is 7.16. The number of carbonyl (C=O) groups is 1. The predicted octanol–water partition coefficient (Wildman–Crippen LogP) is 2.84. The number of aromatic nitrogens is 1. The molecule has 2 aromatic rings. The van der Waals surface area contributed by atoms with Gasteiger partial charge in [-0.2, -0.15) is 0 Å². The SMILES string of the molecule is O=C(O)c1cc(S(=O)(=O)Nc2cnccc2Cl)ccc1I. The first kappa shape index (κ1) is 16.0. The van der Waals surface area contributed by atoms with Crippen molar-refractivity contribution in [2.24, 2.45) is 0 Å². The minimum atomic E-state index is -3.95. The lowest BCUT2D eigenvalue weighted by molar-refractivity contribution is 0.0695. The van der Waals surface area contributed by atoms with E-state index in [1.54, 1.807) is 0 Å². The molecule has 1 aromatic heterocycles. The Morgan fingerprint density at radius 1 is 1.33 bits per heavy atom. The molecule has 1 aromatic carbocycles. The number of hydrogen-bond acceptors (Lipinski definition) is 4. The Labute approximate surface area is 139 Å². The summed E-state index contributed by atoms with van der Waals surface area (Å²) >= 11 is 7.68. The number of halogens is 2. The van der Waals surface area contributed by atoms with Crippen molar-refractivity contribution in [1.29, 1.82) is 0 Å². The number of sulfonamides is 1. The molecule has 0 saturated carbocycles. The molecule has 1 heterocycles. The smallest absolute Gasteiger partial charge is 0.336 e. The third kappa shape index (κ3) is 3.63. The van der Waals surface area contributed by atoms with Crippen molar-refractivity contribution in [3.8, 4) is 0 Å². The number of anilines is 1. The van der Waals surface area contributed by atoms with Crippen LogP contribution < -0.4 is 4.72 Å². The van der Waals surface area contributed by atoms with Crippen LogP contribution in [0.5, 0.6) is 0 Å². The second-order valence-electron chi connectivity index (χ2n) is 3.91. The van der Waals surface area contributed by atoms with E-state index in [2.05, 4.69) is 9.71 Å². The van der Waals surface area contributed by atoms with E-state index in [0.717, 1.165) is 6.07 Å². The maximum atomic E-state index is 12.2. The monoisotopic (exact) mass is 438 g/mol. The van der Waals surface area contributed by atoms with Gasteiger partial charge >= 0.3 is 5.97 Å². The summed E-state index contributed by atoms with van der Waals surface area (Å²) in [5, 5.41) is 9.23. The molecule has 0 atom stereocenters. The van der Waals surface area contributed by atoms with Crippen LogP contribution in [0.4, 0.5) is 5.69 Å². The average Bonchev–Trinajstić information content (AvgIpc) is 2.41. The summed E-state index contributed by atoms with van der Waals surface area (Å²) in [7, 11) is -3.95. The highest BCUT2D eigenvalue weighted by Crippen LogP contribution is 2.24. The predicted molar refractivity (Wildman–Crippen MR) is 86.2 cm³/mol. The van der Waals surface area contributed by atoms with Crippen LogP contribution in [0.1, 0.15) is 10.4 Å². The molecule has 0 saturated heterocycles. The van der Waals surface area contributed by atoms with Gasteiger partial charge in [-0.1, -0.05) is 11.6 Å². The van der Waals surface area contributed by atoms with E-state index in [9.17, 15) is 13.2 Å². The van der Waals surface area contributed by atoms with E-state index in [1.165, 1.54) is 30.6 Å². The van der Waals surface area contributed by atoms with Crippen molar-refractivity contribution in [1.82, 2.24) is 4.98 Å². The molecular formula is C12H8ClIN2O4S. The fourth-order valence-electron chi connectivity index (χ4n) is 1.49. The summed E-state index contributed by atoms with van der Waals surface area (Å²) < 4.78 is 27.2. The highest BCUT2D eigenvalue weighted by Gasteiger charge is 2.19. The molecule has 0 aliphatic rings. The first-order chi connectivity index (χ1) is 9.81. The molecular weight excluding hydrogens is 431 g/mol. The molecule has 110 valence electrons. The topological polar surface area (TPSA) is 96.4 Å². The lowest BCUT2D eigenvalue weighted by Crippen LogP contribution is -2.14. The zero-order valence-corrected chi connectivity index (χ0v) is 14.0. The lowest BCUT2D eigenvalue weighted by atomic mass is 10.2. The van der Waals surface area contributed by atoms with Gasteiger partial charge in [0, 0.05) is 9.77 Å². The maximum absolute atomic E-state index is 12.2. The van der Waals surface area contributed by atoms with Gasteiger partial charge in [0.1, 0.15) is 0 Å². The van der Waals surface area contributed by atoms with Crippen molar-refractivity contribution in [3.05, 3.63) is 50.8 Å². The summed E-state index contributed by atoms with van der Waals surface area (Å²) in [6.07, 6.45) is 2.69. The highest BCUT2D eigenvalue weighted by molar-refractivity contribution is 14.1. The Bertz CT molecular complexity index is 811. The van der Waals surface area contributed by atoms with Crippen molar-refractivity contribution < 1.29 is 18.3 Å². The zero-order valence-electron chi connectivity index (χ0n) is 10.2. The molecule has 2 rings (SSSR count). The van der Waals surface area contributed by atoms with Crippen LogP contribution in [0.2, 0.25) is 5.02 Å². The summed E-state index contributed by atoms with van der Waals surface area (Å²) in [5.74, 6) is -1.20. The molecule has 0 bridgehead atoms. The van der Waals surface area contributed by atoms with Gasteiger partial charge < -0.3 is 5.11 Å². The number of aromatic carboxylic acids is 1.